The first kappa shape index (κ1) is 63.3. The molecule has 8 N–H and O–H groups in total. The van der Waals surface area contributed by atoms with Crippen LogP contribution in [0.25, 0.3) is 0 Å². The molecule has 1 fully saturated rings. The van der Waals surface area contributed by atoms with E-state index in [4.69, 9.17) is 9.47 Å². The topological polar surface area (TPSA) is 189 Å². The Kier molecular flexibility index (Phi) is 43.0. The number of carbonyl (C=O) groups excluding carboxylic acids is 1. The summed E-state index contributed by atoms with van der Waals surface area (Å²) >= 11 is 0. The molecule has 0 aromatic carbocycles. The van der Waals surface area contributed by atoms with Crippen LogP contribution in [-0.4, -0.2) is 110 Å². The monoisotopic (exact) mass is 952 g/mol. The summed E-state index contributed by atoms with van der Waals surface area (Å²) < 4.78 is 11.1. The molecule has 0 radical (unpaired) electrons. The van der Waals surface area contributed by atoms with Gasteiger partial charge in [0.05, 0.1) is 25.4 Å². The number of aliphatic hydroxyl groups is 7. The number of amides is 1. The molecule has 0 aromatic rings. The second-order valence-corrected chi connectivity index (χ2v) is 19.6. The van der Waals surface area contributed by atoms with Crippen LogP contribution in [0.15, 0.2) is 36.5 Å². The van der Waals surface area contributed by atoms with Crippen LogP contribution in [0.3, 0.4) is 0 Å². The van der Waals surface area contributed by atoms with Crippen LogP contribution in [0, 0.1) is 0 Å². The summed E-state index contributed by atoms with van der Waals surface area (Å²) in [5, 5.41) is 75.8. The van der Waals surface area contributed by atoms with Crippen LogP contribution in [0.1, 0.15) is 245 Å². The van der Waals surface area contributed by atoms with Gasteiger partial charge in [-0.3, -0.25) is 4.79 Å². The van der Waals surface area contributed by atoms with Gasteiger partial charge < -0.3 is 50.5 Å². The number of carbonyl (C=O) groups is 1. The van der Waals surface area contributed by atoms with E-state index in [9.17, 15) is 40.5 Å². The zero-order valence-electron chi connectivity index (χ0n) is 42.9. The molecule has 1 heterocycles. The van der Waals surface area contributed by atoms with E-state index in [2.05, 4.69) is 55.6 Å². The summed E-state index contributed by atoms with van der Waals surface area (Å²) in [6.45, 7) is 3.40. The third-order valence-electron chi connectivity index (χ3n) is 13.4. The Morgan fingerprint density at radius 3 is 1.36 bits per heavy atom. The quantitative estimate of drug-likeness (QED) is 0.0215. The molecule has 0 aliphatic carbocycles. The molecule has 0 spiro atoms. The van der Waals surface area contributed by atoms with Crippen LogP contribution in [0.4, 0.5) is 0 Å². The smallest absolute Gasteiger partial charge is 0.249 e. The minimum absolute atomic E-state index is 0.245. The fourth-order valence-corrected chi connectivity index (χ4v) is 8.81. The van der Waals surface area contributed by atoms with Crippen molar-refractivity contribution in [2.45, 2.75) is 300 Å². The van der Waals surface area contributed by atoms with Gasteiger partial charge in [-0.05, 0) is 77.0 Å². The lowest BCUT2D eigenvalue weighted by Crippen LogP contribution is -2.60. The molecule has 11 nitrogen and oxygen atoms in total. The first-order valence-corrected chi connectivity index (χ1v) is 27.9. The Morgan fingerprint density at radius 1 is 0.507 bits per heavy atom. The third kappa shape index (κ3) is 34.3. The Hall–Kier alpha value is -1.67. The molecule has 1 aliphatic heterocycles. The van der Waals surface area contributed by atoms with E-state index in [1.165, 1.54) is 161 Å². The molecule has 394 valence electrons. The van der Waals surface area contributed by atoms with Crippen molar-refractivity contribution in [2.75, 3.05) is 13.2 Å². The number of unbranched alkanes of at least 4 members (excludes halogenated alkanes) is 29. The standard InChI is InChI=1S/C56H105NO10/c1-3-5-7-9-11-13-15-17-18-19-20-21-22-23-24-25-26-27-28-29-30-31-32-34-36-38-40-42-44-49(60)55(65)57-47(46-66-56-54(64)53(63)52(62)50(45-58)67-56)51(61)48(59)43-41-39-37-35-33-16-14-12-10-8-6-4-2/h12,14,23-24,35,37,47-54,56,58-64H,3-11,13,15-22,25-34,36,38-46H2,1-2H3,(H,57,65)/b14-12+,24-23-,37-35+. The minimum atomic E-state index is -1.67. The summed E-state index contributed by atoms with van der Waals surface area (Å²) in [6.07, 6.45) is 43.6. The average Bonchev–Trinajstić information content (AvgIpc) is 3.33. The second kappa shape index (κ2) is 45.5. The SMILES string of the molecule is CCCCC/C=C/CC/C=C/CCCC(O)C(O)C(COC1OC(CO)C(O)C(O)C1O)NC(=O)C(O)CCCCCCCCCCCCCC/C=C\CCCCCCCCCCCCCC. The van der Waals surface area contributed by atoms with E-state index < -0.39 is 74.2 Å². The van der Waals surface area contributed by atoms with Crippen LogP contribution in [0.2, 0.25) is 0 Å². The average molecular weight is 952 g/mol. The van der Waals surface area contributed by atoms with Gasteiger partial charge in [0.1, 0.15) is 36.6 Å². The molecule has 9 unspecified atom stereocenters. The van der Waals surface area contributed by atoms with Crippen molar-refractivity contribution >= 4 is 5.91 Å². The van der Waals surface area contributed by atoms with E-state index in [1.807, 2.05) is 0 Å². The fraction of sp³-hybridized carbons (Fsp3) is 0.875. The van der Waals surface area contributed by atoms with Crippen molar-refractivity contribution in [3.8, 4) is 0 Å². The molecule has 9 atom stereocenters. The summed E-state index contributed by atoms with van der Waals surface area (Å²) in [6, 6.07) is -1.19. The zero-order valence-corrected chi connectivity index (χ0v) is 42.9. The van der Waals surface area contributed by atoms with E-state index in [0.29, 0.717) is 19.3 Å². The molecular weight excluding hydrogens is 847 g/mol. The molecular formula is C56H105NO10. The number of hydrogen-bond acceptors (Lipinski definition) is 10. The van der Waals surface area contributed by atoms with E-state index in [0.717, 1.165) is 38.5 Å². The van der Waals surface area contributed by atoms with Gasteiger partial charge in [0, 0.05) is 0 Å². The van der Waals surface area contributed by atoms with Crippen LogP contribution < -0.4 is 5.32 Å². The predicted octanol–water partition coefficient (Wildman–Crippen LogP) is 11.1. The lowest BCUT2D eigenvalue weighted by atomic mass is 9.98. The predicted molar refractivity (Wildman–Crippen MR) is 275 cm³/mol. The number of aliphatic hydroxyl groups excluding tert-OH is 7. The minimum Gasteiger partial charge on any atom is -0.394 e. The highest BCUT2D eigenvalue weighted by Gasteiger charge is 2.44. The van der Waals surface area contributed by atoms with Crippen LogP contribution >= 0.6 is 0 Å². The normalized spacial score (nSPS) is 20.9. The highest BCUT2D eigenvalue weighted by atomic mass is 16.7. The second-order valence-electron chi connectivity index (χ2n) is 19.6. The maximum absolute atomic E-state index is 13.1. The summed E-state index contributed by atoms with van der Waals surface area (Å²) in [7, 11) is 0. The van der Waals surface area contributed by atoms with Crippen LogP contribution in [-0.2, 0) is 14.3 Å². The van der Waals surface area contributed by atoms with Crippen molar-refractivity contribution in [2.24, 2.45) is 0 Å². The van der Waals surface area contributed by atoms with Gasteiger partial charge in [0.25, 0.3) is 0 Å². The molecule has 67 heavy (non-hydrogen) atoms. The van der Waals surface area contributed by atoms with Crippen LogP contribution in [0.5, 0.6) is 0 Å². The summed E-state index contributed by atoms with van der Waals surface area (Å²) in [5.41, 5.74) is 0. The highest BCUT2D eigenvalue weighted by Crippen LogP contribution is 2.23. The Labute approximate surface area is 409 Å². The lowest BCUT2D eigenvalue weighted by Gasteiger charge is -2.40. The van der Waals surface area contributed by atoms with Crippen molar-refractivity contribution in [3.05, 3.63) is 36.5 Å². The molecule has 0 saturated carbocycles. The van der Waals surface area contributed by atoms with Crippen molar-refractivity contribution in [1.29, 1.82) is 0 Å². The number of nitrogens with one attached hydrogen (secondary N) is 1. The number of allylic oxidation sites excluding steroid dienone is 6. The van der Waals surface area contributed by atoms with Gasteiger partial charge in [-0.1, -0.05) is 204 Å². The van der Waals surface area contributed by atoms with Gasteiger partial charge in [-0.15, -0.1) is 0 Å². The van der Waals surface area contributed by atoms with Gasteiger partial charge in [-0.25, -0.2) is 0 Å². The fourth-order valence-electron chi connectivity index (χ4n) is 8.81. The molecule has 1 rings (SSSR count). The molecule has 1 saturated heterocycles. The van der Waals surface area contributed by atoms with Gasteiger partial charge >= 0.3 is 0 Å². The number of rotatable bonds is 47. The van der Waals surface area contributed by atoms with Gasteiger partial charge in [0.2, 0.25) is 5.91 Å². The molecule has 1 aliphatic rings. The first-order valence-electron chi connectivity index (χ1n) is 27.9. The van der Waals surface area contributed by atoms with Crippen molar-refractivity contribution in [1.82, 2.24) is 5.32 Å². The molecule has 0 aromatic heterocycles. The van der Waals surface area contributed by atoms with E-state index >= 15 is 0 Å². The third-order valence-corrected chi connectivity index (χ3v) is 13.4. The maximum Gasteiger partial charge on any atom is 0.249 e. The largest absolute Gasteiger partial charge is 0.394 e. The zero-order chi connectivity index (χ0) is 49.0. The highest BCUT2D eigenvalue weighted by molar-refractivity contribution is 5.80. The molecule has 0 bridgehead atoms. The molecule has 1 amide bonds. The van der Waals surface area contributed by atoms with E-state index in [1.54, 1.807) is 0 Å². The van der Waals surface area contributed by atoms with Crippen molar-refractivity contribution in [3.63, 3.8) is 0 Å². The lowest BCUT2D eigenvalue weighted by molar-refractivity contribution is -0.303. The maximum atomic E-state index is 13.1. The Bertz CT molecular complexity index is 1180. The number of hydrogen-bond donors (Lipinski definition) is 8. The molecule has 11 heteroatoms. The first-order chi connectivity index (χ1) is 32.7. The van der Waals surface area contributed by atoms with Gasteiger partial charge in [0.15, 0.2) is 6.29 Å². The summed E-state index contributed by atoms with van der Waals surface area (Å²) in [4.78, 5) is 13.1. The Balaban J connectivity index is 2.26. The summed E-state index contributed by atoms with van der Waals surface area (Å²) in [5.74, 6) is -0.711. The Morgan fingerprint density at radius 2 is 0.896 bits per heavy atom. The van der Waals surface area contributed by atoms with Gasteiger partial charge in [-0.2, -0.15) is 0 Å². The van der Waals surface area contributed by atoms with Crippen molar-refractivity contribution < 1.29 is 50.0 Å². The number of ether oxygens (including phenoxy) is 2. The van der Waals surface area contributed by atoms with E-state index in [-0.39, 0.29) is 12.8 Å².